The van der Waals surface area contributed by atoms with Gasteiger partial charge in [0.15, 0.2) is 0 Å². The predicted octanol–water partition coefficient (Wildman–Crippen LogP) is 4.76. The van der Waals surface area contributed by atoms with Crippen molar-refractivity contribution < 1.29 is 9.53 Å². The lowest BCUT2D eigenvalue weighted by molar-refractivity contribution is -0.119. The first-order chi connectivity index (χ1) is 11.0. The van der Waals surface area contributed by atoms with Crippen LogP contribution in [-0.4, -0.2) is 24.1 Å². The Morgan fingerprint density at radius 1 is 1.30 bits per heavy atom. The second-order valence-electron chi connectivity index (χ2n) is 6.41. The molecule has 1 aromatic carbocycles. The number of rotatable bonds is 7. The van der Waals surface area contributed by atoms with E-state index in [1.807, 2.05) is 18.2 Å². The maximum Gasteiger partial charge on any atom is 0.246 e. The summed E-state index contributed by atoms with van der Waals surface area (Å²) in [5.41, 5.74) is 2.04. The zero-order valence-electron chi connectivity index (χ0n) is 14.4. The highest BCUT2D eigenvalue weighted by molar-refractivity contribution is 6.32. The smallest absolute Gasteiger partial charge is 0.246 e. The molecule has 1 aromatic rings. The third-order valence-electron chi connectivity index (χ3n) is 4.80. The number of halogens is 1. The van der Waals surface area contributed by atoms with Crippen LogP contribution in [0.25, 0.3) is 0 Å². The minimum Gasteiger partial charge on any atom is -0.357 e. The van der Waals surface area contributed by atoms with E-state index in [9.17, 15) is 4.79 Å². The Labute approximate surface area is 145 Å². The lowest BCUT2D eigenvalue weighted by Crippen LogP contribution is -2.39. The van der Waals surface area contributed by atoms with Crippen molar-refractivity contribution in [2.45, 2.75) is 64.4 Å². The number of nitrogens with zero attached hydrogens (tertiary/aromatic N) is 1. The summed E-state index contributed by atoms with van der Waals surface area (Å²) in [5, 5.41) is -0.565. The average molecular weight is 338 g/mol. The Balaban J connectivity index is 2.12. The molecule has 23 heavy (non-hydrogen) atoms. The summed E-state index contributed by atoms with van der Waals surface area (Å²) in [6, 6.07) is 7.97. The van der Waals surface area contributed by atoms with E-state index in [0.717, 1.165) is 17.7 Å². The molecule has 0 bridgehead atoms. The molecule has 0 aliphatic heterocycles. The van der Waals surface area contributed by atoms with Crippen molar-refractivity contribution in [3.8, 4) is 0 Å². The van der Waals surface area contributed by atoms with Crippen molar-refractivity contribution >= 4 is 23.2 Å². The monoisotopic (exact) mass is 337 g/mol. The molecule has 128 valence electrons. The molecular formula is C19H28ClNO2. The predicted molar refractivity (Wildman–Crippen MR) is 96.0 cm³/mol. The van der Waals surface area contributed by atoms with Crippen LogP contribution >= 0.6 is 11.6 Å². The van der Waals surface area contributed by atoms with Gasteiger partial charge in [-0.2, -0.15) is 0 Å². The van der Waals surface area contributed by atoms with Gasteiger partial charge in [0.1, 0.15) is 12.1 Å². The number of hydrogen-bond acceptors (Lipinski definition) is 2. The highest BCUT2D eigenvalue weighted by atomic mass is 35.5. The third-order valence-corrected chi connectivity index (χ3v) is 4.99. The number of carbonyl (C=O) groups excluding carboxylic acids is 1. The summed E-state index contributed by atoms with van der Waals surface area (Å²) in [6.45, 7) is 6.19. The molecule has 4 heteroatoms. The van der Waals surface area contributed by atoms with Gasteiger partial charge >= 0.3 is 0 Å². The van der Waals surface area contributed by atoms with Crippen LogP contribution in [0, 0.1) is 5.92 Å². The van der Waals surface area contributed by atoms with Crippen molar-refractivity contribution in [2.75, 3.05) is 11.6 Å². The van der Waals surface area contributed by atoms with E-state index < -0.39 is 5.38 Å². The summed E-state index contributed by atoms with van der Waals surface area (Å²) in [4.78, 5) is 14.3. The molecule has 2 unspecified atom stereocenters. The van der Waals surface area contributed by atoms with Gasteiger partial charge in [-0.3, -0.25) is 9.69 Å². The van der Waals surface area contributed by atoms with Crippen LogP contribution in [-0.2, 0) is 16.0 Å². The van der Waals surface area contributed by atoms with Gasteiger partial charge in [-0.1, -0.05) is 38.0 Å². The summed E-state index contributed by atoms with van der Waals surface area (Å²) in [6.07, 6.45) is 6.08. The minimum atomic E-state index is -0.565. The first-order valence-electron chi connectivity index (χ1n) is 8.69. The number of anilines is 1. The highest BCUT2D eigenvalue weighted by Crippen LogP contribution is 2.30. The number of benzene rings is 1. The molecule has 3 nitrogen and oxygen atoms in total. The van der Waals surface area contributed by atoms with Gasteiger partial charge in [-0.15, -0.1) is 11.6 Å². The fourth-order valence-corrected chi connectivity index (χ4v) is 3.41. The molecule has 2 atom stereocenters. The van der Waals surface area contributed by atoms with Crippen LogP contribution in [0.1, 0.15) is 52.0 Å². The van der Waals surface area contributed by atoms with Crippen molar-refractivity contribution in [2.24, 2.45) is 5.92 Å². The Kier molecular flexibility index (Phi) is 6.91. The van der Waals surface area contributed by atoms with Crippen molar-refractivity contribution in [3.63, 3.8) is 0 Å². The van der Waals surface area contributed by atoms with E-state index in [-0.39, 0.29) is 18.7 Å². The van der Waals surface area contributed by atoms with Gasteiger partial charge in [-0.25, -0.2) is 0 Å². The number of aryl methyl sites for hydroxylation is 1. The zero-order valence-corrected chi connectivity index (χ0v) is 15.2. The Morgan fingerprint density at radius 2 is 1.96 bits per heavy atom. The van der Waals surface area contributed by atoms with Crippen LogP contribution in [0.3, 0.4) is 0 Å². The molecule has 1 fully saturated rings. The average Bonchev–Trinajstić information content (AvgIpc) is 3.09. The number of ether oxygens (including phenoxy) is 1. The summed E-state index contributed by atoms with van der Waals surface area (Å²) in [5.74, 6) is 0.507. The zero-order chi connectivity index (χ0) is 16.8. The van der Waals surface area contributed by atoms with E-state index in [4.69, 9.17) is 16.3 Å². The largest absolute Gasteiger partial charge is 0.357 e. The summed E-state index contributed by atoms with van der Waals surface area (Å²) >= 11 is 6.06. The number of carbonyl (C=O) groups is 1. The summed E-state index contributed by atoms with van der Waals surface area (Å²) in [7, 11) is 0. The number of para-hydroxylation sites is 1. The van der Waals surface area contributed by atoms with E-state index in [2.05, 4.69) is 19.9 Å². The lowest BCUT2D eigenvalue weighted by atomic mass is 10.0. The van der Waals surface area contributed by atoms with Crippen LogP contribution < -0.4 is 4.90 Å². The van der Waals surface area contributed by atoms with Gasteiger partial charge in [0.2, 0.25) is 5.91 Å². The normalized spacial score (nSPS) is 17.9. The minimum absolute atomic E-state index is 0.105. The Morgan fingerprint density at radius 3 is 2.57 bits per heavy atom. The first-order valence-corrected chi connectivity index (χ1v) is 9.13. The van der Waals surface area contributed by atoms with Crippen LogP contribution in [0.2, 0.25) is 0 Å². The number of amides is 1. The SMILES string of the molecule is CCc1ccccc1N(COC(C)C1CCCC1)C(=O)C(C)Cl. The first kappa shape index (κ1) is 18.3. The van der Waals surface area contributed by atoms with Crippen LogP contribution in [0.4, 0.5) is 5.69 Å². The van der Waals surface area contributed by atoms with Crippen molar-refractivity contribution in [1.82, 2.24) is 0 Å². The molecule has 0 saturated heterocycles. The van der Waals surface area contributed by atoms with Crippen LogP contribution in [0.15, 0.2) is 24.3 Å². The molecule has 0 N–H and O–H groups in total. The summed E-state index contributed by atoms with van der Waals surface area (Å²) < 4.78 is 6.06. The molecule has 1 amide bonds. The maximum absolute atomic E-state index is 12.6. The quantitative estimate of drug-likeness (QED) is 0.530. The fourth-order valence-electron chi connectivity index (χ4n) is 3.29. The maximum atomic E-state index is 12.6. The molecule has 2 rings (SSSR count). The Hall–Kier alpha value is -1.06. The Bertz CT molecular complexity index is 512. The van der Waals surface area contributed by atoms with E-state index >= 15 is 0 Å². The van der Waals surface area contributed by atoms with Gasteiger partial charge in [0.05, 0.1) is 6.10 Å². The van der Waals surface area contributed by atoms with Gasteiger partial charge in [0.25, 0.3) is 0 Å². The van der Waals surface area contributed by atoms with E-state index in [1.54, 1.807) is 11.8 Å². The third kappa shape index (κ3) is 4.71. The highest BCUT2D eigenvalue weighted by Gasteiger charge is 2.26. The molecule has 1 saturated carbocycles. The fraction of sp³-hybridized carbons (Fsp3) is 0.632. The second-order valence-corrected chi connectivity index (χ2v) is 7.06. The van der Waals surface area contributed by atoms with Crippen LogP contribution in [0.5, 0.6) is 0 Å². The van der Waals surface area contributed by atoms with Gasteiger partial charge in [0, 0.05) is 5.69 Å². The molecule has 1 aliphatic rings. The lowest BCUT2D eigenvalue weighted by Gasteiger charge is -2.29. The molecule has 1 aliphatic carbocycles. The standard InChI is InChI=1S/C19H28ClNO2/c1-4-16-9-7-8-12-18(16)21(19(22)14(2)20)13-23-15(3)17-10-5-6-11-17/h7-9,12,14-15,17H,4-6,10-11,13H2,1-3H3. The van der Waals surface area contributed by atoms with Crippen molar-refractivity contribution in [3.05, 3.63) is 29.8 Å². The van der Waals surface area contributed by atoms with Gasteiger partial charge < -0.3 is 4.74 Å². The van der Waals surface area contributed by atoms with Crippen molar-refractivity contribution in [1.29, 1.82) is 0 Å². The van der Waals surface area contributed by atoms with Gasteiger partial charge in [-0.05, 0) is 50.7 Å². The van der Waals surface area contributed by atoms with E-state index in [1.165, 1.54) is 25.7 Å². The molecule has 0 spiro atoms. The topological polar surface area (TPSA) is 29.5 Å². The molecule has 0 heterocycles. The van der Waals surface area contributed by atoms with E-state index in [0.29, 0.717) is 5.92 Å². The number of alkyl halides is 1. The molecule has 0 radical (unpaired) electrons. The second kappa shape index (κ2) is 8.70. The number of hydrogen-bond donors (Lipinski definition) is 0. The molecular weight excluding hydrogens is 310 g/mol. The molecule has 0 aromatic heterocycles.